The standard InChI is InChI=1S/C7H6Cl2N6O/c8-5-12-6(9)14-7(13-5)10-2-1-4-11-3-16-15-4/h3H,1-2H2,(H,10,12,13,14). The Morgan fingerprint density at radius 1 is 1.19 bits per heavy atom. The van der Waals surface area contributed by atoms with Gasteiger partial charge in [0.1, 0.15) is 0 Å². The lowest BCUT2D eigenvalue weighted by Gasteiger charge is -2.02. The first kappa shape index (κ1) is 11.0. The van der Waals surface area contributed by atoms with Gasteiger partial charge in [0, 0.05) is 13.0 Å². The maximum Gasteiger partial charge on any atom is 0.228 e. The average molecular weight is 261 g/mol. The highest BCUT2D eigenvalue weighted by Gasteiger charge is 2.03. The van der Waals surface area contributed by atoms with Crippen molar-refractivity contribution in [2.24, 2.45) is 0 Å². The largest absolute Gasteiger partial charge is 0.354 e. The zero-order valence-corrected chi connectivity index (χ0v) is 9.40. The number of rotatable bonds is 4. The smallest absolute Gasteiger partial charge is 0.228 e. The molecule has 0 amide bonds. The molecule has 2 aromatic heterocycles. The van der Waals surface area contributed by atoms with Gasteiger partial charge in [-0.15, -0.1) is 0 Å². The number of aromatic nitrogens is 5. The van der Waals surface area contributed by atoms with Crippen LogP contribution in [-0.4, -0.2) is 31.6 Å². The summed E-state index contributed by atoms with van der Waals surface area (Å²) in [4.78, 5) is 15.2. The molecular formula is C7H6Cl2N6O. The number of anilines is 1. The number of hydrogen-bond acceptors (Lipinski definition) is 7. The number of nitrogens with one attached hydrogen (secondary N) is 1. The van der Waals surface area contributed by atoms with Crippen LogP contribution >= 0.6 is 23.2 Å². The summed E-state index contributed by atoms with van der Waals surface area (Å²) in [7, 11) is 0. The van der Waals surface area contributed by atoms with Crippen molar-refractivity contribution in [1.29, 1.82) is 0 Å². The van der Waals surface area contributed by atoms with E-state index in [0.29, 0.717) is 24.7 Å². The van der Waals surface area contributed by atoms with Crippen LogP contribution in [0.15, 0.2) is 10.9 Å². The summed E-state index contributed by atoms with van der Waals surface area (Å²) >= 11 is 11.2. The monoisotopic (exact) mass is 260 g/mol. The topological polar surface area (TPSA) is 89.6 Å². The van der Waals surface area contributed by atoms with E-state index in [1.165, 1.54) is 6.39 Å². The van der Waals surface area contributed by atoms with Crippen molar-refractivity contribution in [3.8, 4) is 0 Å². The van der Waals surface area contributed by atoms with E-state index in [9.17, 15) is 0 Å². The van der Waals surface area contributed by atoms with Crippen LogP contribution in [0.25, 0.3) is 0 Å². The minimum atomic E-state index is 0.0436. The van der Waals surface area contributed by atoms with E-state index in [0.717, 1.165) is 0 Å². The van der Waals surface area contributed by atoms with E-state index in [-0.39, 0.29) is 10.6 Å². The Morgan fingerprint density at radius 3 is 2.56 bits per heavy atom. The van der Waals surface area contributed by atoms with Crippen molar-refractivity contribution < 1.29 is 4.52 Å². The van der Waals surface area contributed by atoms with Crippen LogP contribution in [0.3, 0.4) is 0 Å². The number of halogens is 2. The summed E-state index contributed by atoms with van der Waals surface area (Å²) in [6.07, 6.45) is 1.85. The molecule has 0 radical (unpaired) electrons. The molecule has 2 heterocycles. The van der Waals surface area contributed by atoms with E-state index in [4.69, 9.17) is 23.2 Å². The van der Waals surface area contributed by atoms with Crippen LogP contribution in [0.4, 0.5) is 5.95 Å². The molecule has 0 aliphatic rings. The van der Waals surface area contributed by atoms with Crippen molar-refractivity contribution in [3.63, 3.8) is 0 Å². The summed E-state index contributed by atoms with van der Waals surface area (Å²) in [6.45, 7) is 0.538. The molecule has 0 atom stereocenters. The third kappa shape index (κ3) is 3.01. The third-order valence-electron chi connectivity index (χ3n) is 1.62. The Bertz CT molecular complexity index is 442. The highest BCUT2D eigenvalue weighted by Crippen LogP contribution is 2.09. The van der Waals surface area contributed by atoms with Crippen LogP contribution in [0.2, 0.25) is 10.6 Å². The highest BCUT2D eigenvalue weighted by molar-refractivity contribution is 6.31. The van der Waals surface area contributed by atoms with Gasteiger partial charge < -0.3 is 9.84 Å². The first-order valence-corrected chi connectivity index (χ1v) is 5.06. The third-order valence-corrected chi connectivity index (χ3v) is 1.96. The second-order valence-electron chi connectivity index (χ2n) is 2.72. The lowest BCUT2D eigenvalue weighted by molar-refractivity contribution is 0.410. The van der Waals surface area contributed by atoms with E-state index in [2.05, 4.69) is 34.9 Å². The average Bonchev–Trinajstić information content (AvgIpc) is 2.69. The molecule has 84 valence electrons. The predicted octanol–water partition coefficient (Wildman–Crippen LogP) is 1.22. The zero-order chi connectivity index (χ0) is 11.4. The second-order valence-corrected chi connectivity index (χ2v) is 3.40. The molecule has 0 aromatic carbocycles. The fourth-order valence-corrected chi connectivity index (χ4v) is 1.36. The van der Waals surface area contributed by atoms with Gasteiger partial charge in [-0.25, -0.2) is 0 Å². The van der Waals surface area contributed by atoms with Gasteiger partial charge in [0.25, 0.3) is 0 Å². The minimum Gasteiger partial charge on any atom is -0.354 e. The number of nitrogens with zero attached hydrogens (tertiary/aromatic N) is 5. The molecule has 0 aliphatic heterocycles. The van der Waals surface area contributed by atoms with Gasteiger partial charge in [-0.1, -0.05) is 5.16 Å². The first-order valence-electron chi connectivity index (χ1n) is 4.30. The van der Waals surface area contributed by atoms with Crippen LogP contribution < -0.4 is 5.32 Å². The van der Waals surface area contributed by atoms with E-state index in [1.807, 2.05) is 0 Å². The molecule has 0 aliphatic carbocycles. The molecular weight excluding hydrogens is 255 g/mol. The van der Waals surface area contributed by atoms with E-state index < -0.39 is 0 Å². The van der Waals surface area contributed by atoms with Crippen molar-refractivity contribution in [2.45, 2.75) is 6.42 Å². The molecule has 0 saturated heterocycles. The van der Waals surface area contributed by atoms with Crippen molar-refractivity contribution in [3.05, 3.63) is 22.8 Å². The molecule has 1 N–H and O–H groups in total. The molecule has 7 nitrogen and oxygen atoms in total. The Balaban J connectivity index is 1.89. The molecule has 0 saturated carbocycles. The number of hydrogen-bond donors (Lipinski definition) is 1. The fourth-order valence-electron chi connectivity index (χ4n) is 0.994. The lowest BCUT2D eigenvalue weighted by atomic mass is 10.4. The van der Waals surface area contributed by atoms with Crippen molar-refractivity contribution >= 4 is 29.2 Å². The summed E-state index contributed by atoms with van der Waals surface area (Å²) in [6, 6.07) is 0. The molecule has 0 bridgehead atoms. The van der Waals surface area contributed by atoms with Crippen LogP contribution in [0.5, 0.6) is 0 Å². The van der Waals surface area contributed by atoms with Crippen LogP contribution in [0.1, 0.15) is 5.82 Å². The van der Waals surface area contributed by atoms with E-state index in [1.54, 1.807) is 0 Å². The Kier molecular flexibility index (Phi) is 3.47. The Morgan fingerprint density at radius 2 is 1.94 bits per heavy atom. The maximum absolute atomic E-state index is 5.60. The second kappa shape index (κ2) is 5.04. The molecule has 2 rings (SSSR count). The lowest BCUT2D eigenvalue weighted by Crippen LogP contribution is -2.09. The van der Waals surface area contributed by atoms with Gasteiger partial charge >= 0.3 is 0 Å². The van der Waals surface area contributed by atoms with Gasteiger partial charge in [0.2, 0.25) is 22.9 Å². The molecule has 2 aromatic rings. The van der Waals surface area contributed by atoms with Crippen molar-refractivity contribution in [2.75, 3.05) is 11.9 Å². The Labute approximate surface area is 100 Å². The van der Waals surface area contributed by atoms with Crippen molar-refractivity contribution in [1.82, 2.24) is 25.1 Å². The van der Waals surface area contributed by atoms with Gasteiger partial charge in [-0.2, -0.15) is 19.9 Å². The van der Waals surface area contributed by atoms with Gasteiger partial charge in [-0.05, 0) is 23.2 Å². The van der Waals surface area contributed by atoms with Gasteiger partial charge in [0.15, 0.2) is 5.82 Å². The SMILES string of the molecule is Clc1nc(Cl)nc(NCCc2ncon2)n1. The van der Waals surface area contributed by atoms with Crippen LogP contribution in [-0.2, 0) is 6.42 Å². The molecule has 0 fully saturated rings. The molecule has 0 spiro atoms. The Hall–Kier alpha value is -1.47. The first-order chi connectivity index (χ1) is 7.74. The van der Waals surface area contributed by atoms with Gasteiger partial charge in [0.05, 0.1) is 0 Å². The van der Waals surface area contributed by atoms with Gasteiger partial charge in [-0.3, -0.25) is 0 Å². The summed E-state index contributed by atoms with van der Waals surface area (Å²) in [5.41, 5.74) is 0. The summed E-state index contributed by atoms with van der Waals surface area (Å²) in [5.74, 6) is 0.909. The van der Waals surface area contributed by atoms with E-state index >= 15 is 0 Å². The molecule has 16 heavy (non-hydrogen) atoms. The normalized spacial score (nSPS) is 10.4. The zero-order valence-electron chi connectivity index (χ0n) is 7.89. The predicted molar refractivity (Wildman–Crippen MR) is 56.3 cm³/mol. The highest BCUT2D eigenvalue weighted by atomic mass is 35.5. The fraction of sp³-hybridized carbons (Fsp3) is 0.286. The maximum atomic E-state index is 5.60. The molecule has 9 heteroatoms. The molecule has 0 unspecified atom stereocenters. The summed E-state index contributed by atoms with van der Waals surface area (Å²) in [5, 5.41) is 6.65. The quantitative estimate of drug-likeness (QED) is 0.884. The summed E-state index contributed by atoms with van der Waals surface area (Å²) < 4.78 is 4.58. The minimum absolute atomic E-state index is 0.0436. The van der Waals surface area contributed by atoms with Crippen LogP contribution in [0, 0.1) is 0 Å².